The van der Waals surface area contributed by atoms with Crippen LogP contribution >= 0.6 is 0 Å². The number of allylic oxidation sites excluding steroid dienone is 1. The Kier molecular flexibility index (Phi) is 5.25. The summed E-state index contributed by atoms with van der Waals surface area (Å²) in [4.78, 5) is 23.0. The Morgan fingerprint density at radius 3 is 2.48 bits per heavy atom. The molecule has 23 heavy (non-hydrogen) atoms. The molecule has 1 N–H and O–H groups in total. The largest absolute Gasteiger partial charge is 0.381 e. The number of carbonyl (C=O) groups is 1. The topological polar surface area (TPSA) is 72.2 Å². The summed E-state index contributed by atoms with van der Waals surface area (Å²) in [5, 5.41) is 14.1. The highest BCUT2D eigenvalue weighted by Crippen LogP contribution is 2.17. The molecule has 0 fully saturated rings. The number of ketones is 1. The average molecular weight is 310 g/mol. The molecule has 0 aliphatic heterocycles. The van der Waals surface area contributed by atoms with Crippen LogP contribution in [0.3, 0.4) is 0 Å². The highest BCUT2D eigenvalue weighted by molar-refractivity contribution is 6.08. The molecule has 0 amide bonds. The predicted molar refractivity (Wildman–Crippen MR) is 88.6 cm³/mol. The lowest BCUT2D eigenvalue weighted by atomic mass is 9.99. The monoisotopic (exact) mass is 310 g/mol. The first-order chi connectivity index (χ1) is 11.0. The van der Waals surface area contributed by atoms with Gasteiger partial charge in [-0.15, -0.1) is 0 Å². The minimum atomic E-state index is -0.651. The molecule has 0 heterocycles. The van der Waals surface area contributed by atoms with E-state index in [4.69, 9.17) is 0 Å². The van der Waals surface area contributed by atoms with Crippen molar-refractivity contribution in [1.29, 1.82) is 0 Å². The van der Waals surface area contributed by atoms with Crippen LogP contribution in [0.2, 0.25) is 0 Å². The van der Waals surface area contributed by atoms with E-state index in [2.05, 4.69) is 5.32 Å². The fraction of sp³-hybridized carbons (Fsp3) is 0.167. The number of nitro groups is 1. The van der Waals surface area contributed by atoms with Gasteiger partial charge in [-0.25, -0.2) is 0 Å². The second-order valence-corrected chi connectivity index (χ2v) is 5.23. The minimum absolute atomic E-state index is 0.356. The van der Waals surface area contributed by atoms with Gasteiger partial charge in [-0.05, 0) is 30.5 Å². The molecule has 118 valence electrons. The van der Waals surface area contributed by atoms with Gasteiger partial charge in [-0.2, -0.15) is 0 Å². The van der Waals surface area contributed by atoms with E-state index < -0.39 is 16.4 Å². The molecular weight excluding hydrogens is 292 g/mol. The van der Waals surface area contributed by atoms with Crippen LogP contribution in [-0.2, 0) is 6.54 Å². The summed E-state index contributed by atoms with van der Waals surface area (Å²) in [6.45, 7) is 4.07. The third-order valence-electron chi connectivity index (χ3n) is 3.67. The third-order valence-corrected chi connectivity index (χ3v) is 3.67. The Balaban J connectivity index is 2.20. The van der Waals surface area contributed by atoms with Crippen molar-refractivity contribution in [2.24, 2.45) is 0 Å². The summed E-state index contributed by atoms with van der Waals surface area (Å²) in [6, 6.07) is 14.7. The molecule has 0 aromatic heterocycles. The van der Waals surface area contributed by atoms with E-state index >= 15 is 0 Å². The molecule has 0 aliphatic carbocycles. The van der Waals surface area contributed by atoms with E-state index in [1.54, 1.807) is 19.1 Å². The van der Waals surface area contributed by atoms with Crippen LogP contribution < -0.4 is 5.32 Å². The van der Waals surface area contributed by atoms with Gasteiger partial charge in [0.05, 0.1) is 11.1 Å². The standard InChI is InChI=1S/C18H18N2O3/c1-13-7-6-10-16(14(13)2)18(21)17(20(22)23)12-19-11-15-8-4-3-5-9-15/h3-10,12,19H,11H2,1-2H3. The van der Waals surface area contributed by atoms with Crippen LogP contribution in [0.25, 0.3) is 0 Å². The lowest BCUT2D eigenvalue weighted by molar-refractivity contribution is -0.417. The Morgan fingerprint density at radius 1 is 1.13 bits per heavy atom. The maximum atomic E-state index is 12.5. The Hall–Kier alpha value is -2.95. The molecule has 2 aromatic rings. The zero-order valence-electron chi connectivity index (χ0n) is 13.1. The number of carbonyl (C=O) groups excluding carboxylic acids is 1. The number of hydrogen-bond donors (Lipinski definition) is 1. The zero-order chi connectivity index (χ0) is 16.8. The molecule has 2 rings (SSSR count). The maximum Gasteiger partial charge on any atom is 0.332 e. The molecule has 0 aliphatic rings. The predicted octanol–water partition coefficient (Wildman–Crippen LogP) is 3.39. The first-order valence-corrected chi connectivity index (χ1v) is 7.23. The normalized spacial score (nSPS) is 11.1. The maximum absolute atomic E-state index is 12.5. The van der Waals surface area contributed by atoms with Crippen molar-refractivity contribution in [3.8, 4) is 0 Å². The van der Waals surface area contributed by atoms with Crippen molar-refractivity contribution >= 4 is 5.78 Å². The van der Waals surface area contributed by atoms with Gasteiger partial charge in [0, 0.05) is 12.1 Å². The lowest BCUT2D eigenvalue weighted by Crippen LogP contribution is -2.17. The van der Waals surface area contributed by atoms with Crippen LogP contribution in [0, 0.1) is 24.0 Å². The number of nitrogens with zero attached hydrogens (tertiary/aromatic N) is 1. The van der Waals surface area contributed by atoms with Crippen molar-refractivity contribution in [1.82, 2.24) is 5.32 Å². The summed E-state index contributed by atoms with van der Waals surface area (Å²) in [5.41, 5.74) is 2.55. The summed E-state index contributed by atoms with van der Waals surface area (Å²) in [6.07, 6.45) is 1.18. The van der Waals surface area contributed by atoms with Crippen LogP contribution in [0.5, 0.6) is 0 Å². The van der Waals surface area contributed by atoms with Gasteiger partial charge in [0.25, 0.3) is 5.78 Å². The van der Waals surface area contributed by atoms with E-state index in [9.17, 15) is 14.9 Å². The summed E-state index contributed by atoms with van der Waals surface area (Å²) < 4.78 is 0. The Morgan fingerprint density at radius 2 is 1.83 bits per heavy atom. The molecule has 0 saturated heterocycles. The lowest BCUT2D eigenvalue weighted by Gasteiger charge is -2.06. The average Bonchev–Trinajstić information content (AvgIpc) is 2.54. The van der Waals surface area contributed by atoms with Crippen molar-refractivity contribution in [3.63, 3.8) is 0 Å². The van der Waals surface area contributed by atoms with Gasteiger partial charge in [0.15, 0.2) is 0 Å². The van der Waals surface area contributed by atoms with Gasteiger partial charge in [-0.3, -0.25) is 14.9 Å². The molecule has 2 aromatic carbocycles. The van der Waals surface area contributed by atoms with Crippen LogP contribution in [0.15, 0.2) is 60.4 Å². The summed E-state index contributed by atoms with van der Waals surface area (Å²) >= 11 is 0. The molecule has 0 saturated carbocycles. The number of aryl methyl sites for hydroxylation is 1. The van der Waals surface area contributed by atoms with Crippen molar-refractivity contribution in [3.05, 3.63) is 92.8 Å². The molecule has 0 bridgehead atoms. The fourth-order valence-electron chi connectivity index (χ4n) is 2.20. The van der Waals surface area contributed by atoms with Gasteiger partial charge in [0.1, 0.15) is 0 Å². The Labute approximate surface area is 134 Å². The SMILES string of the molecule is Cc1cccc(C(=O)C(=CNCc2ccccc2)[N+](=O)[O-])c1C. The molecular formula is C18H18N2O3. The molecule has 5 nitrogen and oxygen atoms in total. The second kappa shape index (κ2) is 7.35. The smallest absolute Gasteiger partial charge is 0.332 e. The van der Waals surface area contributed by atoms with Gasteiger partial charge in [0.2, 0.25) is 0 Å². The highest BCUT2D eigenvalue weighted by atomic mass is 16.6. The summed E-state index contributed by atoms with van der Waals surface area (Å²) in [5.74, 6) is -0.586. The third kappa shape index (κ3) is 4.03. The number of rotatable bonds is 6. The second-order valence-electron chi connectivity index (χ2n) is 5.23. The summed E-state index contributed by atoms with van der Waals surface area (Å²) in [7, 11) is 0. The van der Waals surface area contributed by atoms with Gasteiger partial charge in [-0.1, -0.05) is 48.5 Å². The fourth-order valence-corrected chi connectivity index (χ4v) is 2.20. The molecule has 5 heteroatoms. The zero-order valence-corrected chi connectivity index (χ0v) is 13.1. The first kappa shape index (κ1) is 16.4. The highest BCUT2D eigenvalue weighted by Gasteiger charge is 2.25. The van der Waals surface area contributed by atoms with Gasteiger partial charge >= 0.3 is 5.70 Å². The number of benzene rings is 2. The number of Topliss-reactive ketones (excluding diaryl/α,β-unsaturated/α-hetero) is 1. The van der Waals surface area contributed by atoms with E-state index in [1.807, 2.05) is 43.3 Å². The van der Waals surface area contributed by atoms with E-state index in [0.717, 1.165) is 16.7 Å². The Bertz CT molecular complexity index is 752. The van der Waals surface area contributed by atoms with Gasteiger partial charge < -0.3 is 5.32 Å². The van der Waals surface area contributed by atoms with E-state index in [1.165, 1.54) is 6.20 Å². The number of nitrogens with one attached hydrogen (secondary N) is 1. The number of hydrogen-bond acceptors (Lipinski definition) is 4. The van der Waals surface area contributed by atoms with E-state index in [0.29, 0.717) is 12.1 Å². The van der Waals surface area contributed by atoms with Crippen LogP contribution in [0.1, 0.15) is 27.0 Å². The first-order valence-electron chi connectivity index (χ1n) is 7.23. The molecule has 0 atom stereocenters. The van der Waals surface area contributed by atoms with Crippen LogP contribution in [0.4, 0.5) is 0 Å². The molecule has 0 radical (unpaired) electrons. The molecule has 0 unspecified atom stereocenters. The van der Waals surface area contributed by atoms with Crippen molar-refractivity contribution in [2.75, 3.05) is 0 Å². The van der Waals surface area contributed by atoms with E-state index in [-0.39, 0.29) is 0 Å². The van der Waals surface area contributed by atoms with Crippen LogP contribution in [-0.4, -0.2) is 10.7 Å². The van der Waals surface area contributed by atoms with Crippen molar-refractivity contribution < 1.29 is 9.72 Å². The minimum Gasteiger partial charge on any atom is -0.381 e. The van der Waals surface area contributed by atoms with Crippen molar-refractivity contribution in [2.45, 2.75) is 20.4 Å². The molecule has 0 spiro atoms. The quantitative estimate of drug-likeness (QED) is 0.384.